The molecule has 23 heavy (non-hydrogen) atoms. The van der Waals surface area contributed by atoms with Crippen molar-refractivity contribution in [3.8, 4) is 0 Å². The second kappa shape index (κ2) is 6.72. The molecule has 4 rings (SSSR count). The molecule has 2 aliphatic heterocycles. The molecule has 2 aromatic rings. The van der Waals surface area contributed by atoms with Crippen molar-refractivity contribution in [3.63, 3.8) is 0 Å². The van der Waals surface area contributed by atoms with E-state index in [2.05, 4.69) is 71.6 Å². The molecule has 2 heterocycles. The Kier molecular flexibility index (Phi) is 4.30. The Morgan fingerprint density at radius 2 is 1.48 bits per heavy atom. The molecule has 2 bridgehead atoms. The van der Waals surface area contributed by atoms with Crippen LogP contribution in [0, 0.1) is 0 Å². The van der Waals surface area contributed by atoms with Gasteiger partial charge in [0.15, 0.2) is 0 Å². The van der Waals surface area contributed by atoms with Crippen LogP contribution in [0.15, 0.2) is 72.3 Å². The average molecular weight is 303 g/mol. The number of nitrogens with zero attached hydrogens (tertiary/aromatic N) is 1. The Balaban J connectivity index is 1.40. The third-order valence-corrected chi connectivity index (χ3v) is 5.40. The zero-order valence-corrected chi connectivity index (χ0v) is 13.7. The maximum Gasteiger partial charge on any atom is 0.0288 e. The fourth-order valence-corrected chi connectivity index (χ4v) is 4.18. The first-order valence-corrected chi connectivity index (χ1v) is 8.91. The van der Waals surface area contributed by atoms with Crippen LogP contribution in [0.4, 0.5) is 0 Å². The summed E-state index contributed by atoms with van der Waals surface area (Å²) in [7, 11) is 0. The highest BCUT2D eigenvalue weighted by Crippen LogP contribution is 2.37. The van der Waals surface area contributed by atoms with Crippen LogP contribution in [0.2, 0.25) is 0 Å². The van der Waals surface area contributed by atoms with E-state index < -0.39 is 0 Å². The van der Waals surface area contributed by atoms with Gasteiger partial charge in [-0.15, -0.1) is 0 Å². The van der Waals surface area contributed by atoms with Gasteiger partial charge in [0.1, 0.15) is 0 Å². The maximum atomic E-state index is 2.72. The number of benzene rings is 2. The molecule has 1 heteroatoms. The van der Waals surface area contributed by atoms with Gasteiger partial charge in [0.25, 0.3) is 0 Å². The number of aryl methyl sites for hydroxylation is 1. The van der Waals surface area contributed by atoms with Crippen molar-refractivity contribution in [2.24, 2.45) is 0 Å². The van der Waals surface area contributed by atoms with Crippen molar-refractivity contribution in [1.82, 2.24) is 4.90 Å². The maximum absolute atomic E-state index is 2.72. The number of hydrogen-bond donors (Lipinski definition) is 0. The van der Waals surface area contributed by atoms with Crippen LogP contribution in [0.5, 0.6) is 0 Å². The topological polar surface area (TPSA) is 3.24 Å². The number of fused-ring (bicyclic) bond motifs is 2. The molecule has 0 amide bonds. The Morgan fingerprint density at radius 3 is 2.17 bits per heavy atom. The lowest BCUT2D eigenvalue weighted by molar-refractivity contribution is 0.194. The lowest BCUT2D eigenvalue weighted by Crippen LogP contribution is -2.38. The summed E-state index contributed by atoms with van der Waals surface area (Å²) in [6.07, 6.45) is 8.97. The first-order chi connectivity index (χ1) is 11.4. The molecule has 2 aliphatic rings. The lowest BCUT2D eigenvalue weighted by atomic mass is 9.95. The van der Waals surface area contributed by atoms with Gasteiger partial charge in [0, 0.05) is 18.6 Å². The van der Waals surface area contributed by atoms with E-state index >= 15 is 0 Å². The summed E-state index contributed by atoms with van der Waals surface area (Å²) in [5, 5.41) is 0. The van der Waals surface area contributed by atoms with E-state index in [1.54, 1.807) is 5.57 Å². The molecular weight excluding hydrogens is 278 g/mol. The van der Waals surface area contributed by atoms with Gasteiger partial charge in [-0.25, -0.2) is 0 Å². The highest BCUT2D eigenvalue weighted by Gasteiger charge is 2.35. The highest BCUT2D eigenvalue weighted by atomic mass is 15.2. The monoisotopic (exact) mass is 303 g/mol. The first-order valence-electron chi connectivity index (χ1n) is 8.91. The van der Waals surface area contributed by atoms with E-state index in [0.29, 0.717) is 6.04 Å². The predicted octanol–water partition coefficient (Wildman–Crippen LogP) is 4.98. The molecule has 1 nitrogen and oxygen atoms in total. The molecule has 0 spiro atoms. The average Bonchev–Trinajstić information content (AvgIpc) is 2.83. The van der Waals surface area contributed by atoms with Crippen molar-refractivity contribution in [1.29, 1.82) is 0 Å². The molecule has 0 saturated carbocycles. The summed E-state index contributed by atoms with van der Waals surface area (Å²) in [6.45, 7) is 1.11. The van der Waals surface area contributed by atoms with Gasteiger partial charge in [-0.3, -0.25) is 4.90 Å². The zero-order valence-electron chi connectivity index (χ0n) is 13.7. The van der Waals surface area contributed by atoms with Crippen LogP contribution in [0.25, 0.3) is 0 Å². The third kappa shape index (κ3) is 3.40. The van der Waals surface area contributed by atoms with Gasteiger partial charge < -0.3 is 0 Å². The molecule has 2 atom stereocenters. The summed E-state index contributed by atoms with van der Waals surface area (Å²) in [5.41, 5.74) is 4.60. The quantitative estimate of drug-likeness (QED) is 0.704. The van der Waals surface area contributed by atoms with Crippen molar-refractivity contribution in [2.75, 3.05) is 0 Å². The Bertz CT molecular complexity index is 659. The fourth-order valence-electron chi connectivity index (χ4n) is 4.18. The molecule has 2 unspecified atom stereocenters. The third-order valence-electron chi connectivity index (χ3n) is 5.40. The van der Waals surface area contributed by atoms with E-state index in [-0.39, 0.29) is 0 Å². The second-order valence-corrected chi connectivity index (χ2v) is 6.97. The number of hydrogen-bond acceptors (Lipinski definition) is 1. The van der Waals surface area contributed by atoms with E-state index in [4.69, 9.17) is 0 Å². The molecule has 1 saturated heterocycles. The van der Waals surface area contributed by atoms with Gasteiger partial charge >= 0.3 is 0 Å². The summed E-state index contributed by atoms with van der Waals surface area (Å²) < 4.78 is 0. The van der Waals surface area contributed by atoms with Gasteiger partial charge in [-0.05, 0) is 43.2 Å². The van der Waals surface area contributed by atoms with Crippen LogP contribution in [-0.2, 0) is 13.0 Å². The van der Waals surface area contributed by atoms with Crippen LogP contribution >= 0.6 is 0 Å². The van der Waals surface area contributed by atoms with E-state index in [1.807, 2.05) is 0 Å². The summed E-state index contributed by atoms with van der Waals surface area (Å²) >= 11 is 0. The summed E-state index contributed by atoms with van der Waals surface area (Å²) in [4.78, 5) is 2.72. The first kappa shape index (κ1) is 14.7. The molecule has 0 N–H and O–H groups in total. The summed E-state index contributed by atoms with van der Waals surface area (Å²) in [5.74, 6) is 0. The molecule has 0 aromatic heterocycles. The van der Waals surface area contributed by atoms with E-state index in [9.17, 15) is 0 Å². The highest BCUT2D eigenvalue weighted by molar-refractivity contribution is 5.23. The van der Waals surface area contributed by atoms with Gasteiger partial charge in [0.2, 0.25) is 0 Å². The molecule has 1 fully saturated rings. The minimum absolute atomic E-state index is 0.666. The number of rotatable bonds is 5. The van der Waals surface area contributed by atoms with Crippen molar-refractivity contribution in [3.05, 3.63) is 83.4 Å². The fraction of sp³-hybridized carbons (Fsp3) is 0.364. The minimum atomic E-state index is 0.666. The Morgan fingerprint density at radius 1 is 0.783 bits per heavy atom. The minimum Gasteiger partial charge on any atom is -0.289 e. The van der Waals surface area contributed by atoms with Crippen molar-refractivity contribution in [2.45, 2.75) is 50.7 Å². The zero-order chi connectivity index (χ0) is 15.5. The van der Waals surface area contributed by atoms with Crippen LogP contribution in [0.3, 0.4) is 0 Å². The van der Waals surface area contributed by atoms with Crippen LogP contribution < -0.4 is 0 Å². The molecule has 118 valence electrons. The lowest BCUT2D eigenvalue weighted by Gasteiger charge is -2.34. The van der Waals surface area contributed by atoms with E-state index in [0.717, 1.165) is 12.6 Å². The van der Waals surface area contributed by atoms with Crippen LogP contribution in [-0.4, -0.2) is 17.0 Å². The van der Waals surface area contributed by atoms with Gasteiger partial charge in [-0.2, -0.15) is 0 Å². The molecular formula is C22H25N. The van der Waals surface area contributed by atoms with Gasteiger partial charge in [-0.1, -0.05) is 72.3 Å². The molecule has 0 radical (unpaired) electrons. The largest absolute Gasteiger partial charge is 0.289 e. The summed E-state index contributed by atoms with van der Waals surface area (Å²) in [6, 6.07) is 23.3. The Hall–Kier alpha value is -1.86. The smallest absolute Gasteiger partial charge is 0.0288 e. The molecule has 0 aliphatic carbocycles. The van der Waals surface area contributed by atoms with Crippen LogP contribution in [0.1, 0.15) is 36.8 Å². The van der Waals surface area contributed by atoms with E-state index in [1.165, 1.54) is 43.2 Å². The Labute approximate surface area is 139 Å². The standard InChI is InChI=1S/C22H25N/c1-3-7-18(8-4-1)11-12-20-15-21-13-14-22(16-20)23(21)17-19-9-5-2-6-10-19/h1-10,15,21-22H,11-14,16-17H2. The SMILES string of the molecule is C1=C(CCc2ccccc2)CC2CCC1N2Cc1ccccc1. The second-order valence-electron chi connectivity index (χ2n) is 6.97. The van der Waals surface area contributed by atoms with Crippen molar-refractivity contribution < 1.29 is 0 Å². The normalized spacial score (nSPS) is 23.7. The van der Waals surface area contributed by atoms with Crippen molar-refractivity contribution >= 4 is 0 Å². The molecule has 2 aromatic carbocycles. The van der Waals surface area contributed by atoms with Gasteiger partial charge in [0.05, 0.1) is 0 Å². The predicted molar refractivity (Wildman–Crippen MR) is 96.3 cm³/mol.